The van der Waals surface area contributed by atoms with Gasteiger partial charge in [-0.05, 0) is 77.0 Å². The maximum atomic E-state index is 13.2. The first-order chi connectivity index (χ1) is 31.0. The lowest BCUT2D eigenvalue weighted by atomic mass is 10.0. The molecule has 6 heteroatoms. The first-order valence-electron chi connectivity index (χ1n) is 26.0. The Morgan fingerprint density at radius 1 is 0.492 bits per heavy atom. The summed E-state index contributed by atoms with van der Waals surface area (Å²) < 4.78 is 5.86. The number of esters is 1. The number of carbonyl (C=O) groups excluding carboxylic acids is 2. The van der Waals surface area contributed by atoms with Crippen molar-refractivity contribution in [3.8, 4) is 0 Å². The van der Waals surface area contributed by atoms with Crippen LogP contribution in [-0.4, -0.2) is 46.9 Å². The number of amides is 1. The van der Waals surface area contributed by atoms with Crippen LogP contribution in [0.25, 0.3) is 0 Å². The van der Waals surface area contributed by atoms with Crippen LogP contribution >= 0.6 is 0 Å². The van der Waals surface area contributed by atoms with Crippen LogP contribution in [0.5, 0.6) is 0 Å². The second kappa shape index (κ2) is 49.8. The van der Waals surface area contributed by atoms with E-state index in [1.54, 1.807) is 0 Å². The SMILES string of the molecule is CC/C=C\C/C=C\C/C=C\C/C=C\C/C=C\CC(CC(=O)NC(CO)C(O)CCCCCCCCCCCCCCCCC)OC(=O)CCCCCC/C=C/C/C=C/C/C=C/CC. The molecule has 0 fully saturated rings. The zero-order chi connectivity index (χ0) is 45.9. The number of unbranched alkanes of at least 4 members (excludes halogenated alkanes) is 18. The molecule has 0 saturated carbocycles. The van der Waals surface area contributed by atoms with Crippen molar-refractivity contribution in [2.75, 3.05) is 6.61 Å². The quantitative estimate of drug-likeness (QED) is 0.0322. The Morgan fingerprint density at radius 2 is 0.889 bits per heavy atom. The summed E-state index contributed by atoms with van der Waals surface area (Å²) in [7, 11) is 0. The van der Waals surface area contributed by atoms with E-state index in [9.17, 15) is 19.8 Å². The normalized spacial score (nSPS) is 14.0. The van der Waals surface area contributed by atoms with Crippen molar-refractivity contribution in [1.82, 2.24) is 5.32 Å². The van der Waals surface area contributed by atoms with Gasteiger partial charge in [-0.3, -0.25) is 9.59 Å². The minimum atomic E-state index is -0.821. The number of nitrogens with one attached hydrogen (secondary N) is 1. The third-order valence-corrected chi connectivity index (χ3v) is 11.2. The number of hydrogen-bond acceptors (Lipinski definition) is 5. The van der Waals surface area contributed by atoms with Gasteiger partial charge < -0.3 is 20.3 Å². The van der Waals surface area contributed by atoms with Gasteiger partial charge in [0.05, 0.1) is 25.2 Å². The van der Waals surface area contributed by atoms with Crippen molar-refractivity contribution in [2.45, 2.75) is 244 Å². The molecule has 0 aliphatic heterocycles. The molecule has 3 atom stereocenters. The van der Waals surface area contributed by atoms with Crippen molar-refractivity contribution in [1.29, 1.82) is 0 Å². The molecule has 0 rings (SSSR count). The van der Waals surface area contributed by atoms with Crippen LogP contribution in [0.3, 0.4) is 0 Å². The Morgan fingerprint density at radius 3 is 1.35 bits per heavy atom. The van der Waals surface area contributed by atoms with Crippen LogP contribution < -0.4 is 5.32 Å². The van der Waals surface area contributed by atoms with E-state index < -0.39 is 18.2 Å². The number of rotatable bonds is 45. The van der Waals surface area contributed by atoms with E-state index in [1.165, 1.54) is 77.0 Å². The highest BCUT2D eigenvalue weighted by Gasteiger charge is 2.23. The minimum absolute atomic E-state index is 0.0147. The van der Waals surface area contributed by atoms with Gasteiger partial charge >= 0.3 is 5.97 Å². The highest BCUT2D eigenvalue weighted by molar-refractivity contribution is 5.77. The summed E-state index contributed by atoms with van der Waals surface area (Å²) in [5.74, 6) is -0.612. The largest absolute Gasteiger partial charge is 0.461 e. The van der Waals surface area contributed by atoms with E-state index in [0.717, 1.165) is 103 Å². The van der Waals surface area contributed by atoms with Crippen LogP contribution in [0.2, 0.25) is 0 Å². The lowest BCUT2D eigenvalue weighted by Gasteiger charge is -2.24. The Kier molecular flexibility index (Phi) is 47.2. The van der Waals surface area contributed by atoms with Crippen molar-refractivity contribution in [3.63, 3.8) is 0 Å². The van der Waals surface area contributed by atoms with Gasteiger partial charge in [0.2, 0.25) is 5.91 Å². The number of carbonyl (C=O) groups is 2. The van der Waals surface area contributed by atoms with Crippen molar-refractivity contribution < 1.29 is 24.5 Å². The van der Waals surface area contributed by atoms with Gasteiger partial charge in [-0.15, -0.1) is 0 Å². The predicted molar refractivity (Wildman–Crippen MR) is 273 cm³/mol. The van der Waals surface area contributed by atoms with Gasteiger partial charge in [-0.25, -0.2) is 0 Å². The summed E-state index contributed by atoms with van der Waals surface area (Å²) in [4.78, 5) is 26.1. The van der Waals surface area contributed by atoms with E-state index in [0.29, 0.717) is 19.3 Å². The third-order valence-electron chi connectivity index (χ3n) is 11.2. The van der Waals surface area contributed by atoms with Crippen molar-refractivity contribution in [2.24, 2.45) is 0 Å². The molecule has 360 valence electrons. The molecule has 6 nitrogen and oxygen atoms in total. The zero-order valence-electron chi connectivity index (χ0n) is 40.9. The second-order valence-electron chi connectivity index (χ2n) is 17.2. The molecular weight excluding hydrogens is 779 g/mol. The molecule has 0 aliphatic rings. The average molecular weight is 876 g/mol. The summed E-state index contributed by atoms with van der Waals surface area (Å²) in [6, 6.07) is -0.742. The monoisotopic (exact) mass is 876 g/mol. The van der Waals surface area contributed by atoms with E-state index in [4.69, 9.17) is 4.74 Å². The van der Waals surface area contributed by atoms with E-state index >= 15 is 0 Å². The van der Waals surface area contributed by atoms with Crippen molar-refractivity contribution in [3.05, 3.63) is 97.2 Å². The van der Waals surface area contributed by atoms with E-state index in [1.807, 2.05) is 12.2 Å². The van der Waals surface area contributed by atoms with Crippen LogP contribution in [-0.2, 0) is 14.3 Å². The van der Waals surface area contributed by atoms with Gasteiger partial charge in [0, 0.05) is 12.8 Å². The molecule has 0 bridgehead atoms. The molecule has 0 aromatic rings. The van der Waals surface area contributed by atoms with Crippen molar-refractivity contribution >= 4 is 11.9 Å². The fraction of sp³-hybridized carbons (Fsp3) is 0.684. The van der Waals surface area contributed by atoms with Crippen LogP contribution in [0.1, 0.15) is 226 Å². The highest BCUT2D eigenvalue weighted by Crippen LogP contribution is 2.16. The van der Waals surface area contributed by atoms with Gasteiger partial charge in [0.15, 0.2) is 0 Å². The molecule has 0 aromatic carbocycles. The number of ether oxygens (including phenoxy) is 1. The molecule has 1 amide bonds. The van der Waals surface area contributed by atoms with Crippen LogP contribution in [0, 0.1) is 0 Å². The molecule has 0 aliphatic carbocycles. The van der Waals surface area contributed by atoms with E-state index in [2.05, 4.69) is 111 Å². The smallest absolute Gasteiger partial charge is 0.306 e. The second-order valence-corrected chi connectivity index (χ2v) is 17.2. The van der Waals surface area contributed by atoms with Gasteiger partial charge in [0.1, 0.15) is 6.10 Å². The number of aliphatic hydroxyl groups excluding tert-OH is 2. The van der Waals surface area contributed by atoms with Gasteiger partial charge in [0.25, 0.3) is 0 Å². The highest BCUT2D eigenvalue weighted by atomic mass is 16.5. The zero-order valence-corrected chi connectivity index (χ0v) is 40.9. The first kappa shape index (κ1) is 59.8. The molecule has 0 aromatic heterocycles. The Balaban J connectivity index is 4.74. The molecule has 0 spiro atoms. The summed E-state index contributed by atoms with van der Waals surface area (Å²) >= 11 is 0. The molecule has 3 unspecified atom stereocenters. The number of allylic oxidation sites excluding steroid dienone is 15. The molecular formula is C57H97NO5. The number of aliphatic hydroxyl groups is 2. The predicted octanol–water partition coefficient (Wildman–Crippen LogP) is 15.7. The first-order valence-corrected chi connectivity index (χ1v) is 26.0. The lowest BCUT2D eigenvalue weighted by molar-refractivity contribution is -0.150. The Bertz CT molecular complexity index is 1260. The molecule has 0 radical (unpaired) electrons. The standard InChI is InChI=1S/C57H97NO5/c1-4-7-10-13-16-19-22-25-28-30-33-36-39-42-45-48-53(63-57(62)50-47-44-41-38-35-32-27-24-21-18-15-12-9-6-3)51-56(61)58-54(52-59)55(60)49-46-43-40-37-34-31-29-26-23-20-17-14-11-8-5-2/h7,9-10,12,16,18-19,21,25,27-28,32-33,36,42,45,53-55,59-60H,4-6,8,11,13-15,17,20,22-24,26,29-31,34-35,37-41,43-44,46-52H2,1-3H3,(H,58,61)/b10-7-,12-9+,19-16-,21-18+,28-25-,32-27+,36-33-,45-42-. The topological polar surface area (TPSA) is 95.9 Å². The molecule has 0 heterocycles. The minimum Gasteiger partial charge on any atom is -0.461 e. The van der Waals surface area contributed by atoms with Crippen LogP contribution in [0.15, 0.2) is 97.2 Å². The summed E-state index contributed by atoms with van der Waals surface area (Å²) in [5, 5.41) is 23.8. The summed E-state index contributed by atoms with van der Waals surface area (Å²) in [5.41, 5.74) is 0. The van der Waals surface area contributed by atoms with E-state index in [-0.39, 0.29) is 24.9 Å². The Hall–Kier alpha value is -3.22. The maximum Gasteiger partial charge on any atom is 0.306 e. The fourth-order valence-electron chi connectivity index (χ4n) is 7.29. The lowest BCUT2D eigenvalue weighted by Crippen LogP contribution is -2.46. The maximum absolute atomic E-state index is 13.2. The van der Waals surface area contributed by atoms with Gasteiger partial charge in [-0.1, -0.05) is 227 Å². The average Bonchev–Trinajstić information content (AvgIpc) is 3.28. The van der Waals surface area contributed by atoms with Gasteiger partial charge in [-0.2, -0.15) is 0 Å². The molecule has 3 N–H and O–H groups in total. The molecule has 0 saturated heterocycles. The van der Waals surface area contributed by atoms with Crippen LogP contribution in [0.4, 0.5) is 0 Å². The fourth-order valence-corrected chi connectivity index (χ4v) is 7.29. The number of hydrogen-bond donors (Lipinski definition) is 3. The third kappa shape index (κ3) is 45.2. The summed E-state index contributed by atoms with van der Waals surface area (Å²) in [6.45, 7) is 6.22. The summed E-state index contributed by atoms with van der Waals surface area (Å²) in [6.07, 6.45) is 66.3. The Labute approximate surface area is 388 Å². The molecule has 63 heavy (non-hydrogen) atoms.